The molecule has 2 aromatic carbocycles. The van der Waals surface area contributed by atoms with Crippen LogP contribution in [0.2, 0.25) is 0 Å². The highest BCUT2D eigenvalue weighted by molar-refractivity contribution is 6.56. The van der Waals surface area contributed by atoms with Crippen molar-refractivity contribution >= 4 is 69.2 Å². The maximum Gasteiger partial charge on any atom is 0.416 e. The van der Waals surface area contributed by atoms with Crippen molar-refractivity contribution in [3.63, 3.8) is 0 Å². The Bertz CT molecular complexity index is 3190. The van der Waals surface area contributed by atoms with Gasteiger partial charge in [0.25, 0.3) is 11.8 Å². The summed E-state index contributed by atoms with van der Waals surface area (Å²) in [5.74, 6) is -6.06. The number of imidazole rings is 2. The number of hydrogen-bond acceptors (Lipinski definition) is 11. The van der Waals surface area contributed by atoms with E-state index in [1.807, 2.05) is 24.3 Å². The van der Waals surface area contributed by atoms with Gasteiger partial charge in [0.05, 0.1) is 58.7 Å². The number of H-pyrrole nitrogens is 2. The number of aromatic amines is 2. The summed E-state index contributed by atoms with van der Waals surface area (Å²) in [6.07, 6.45) is 16.2. The van der Waals surface area contributed by atoms with Crippen molar-refractivity contribution in [3.05, 3.63) is 88.5 Å². The summed E-state index contributed by atoms with van der Waals surface area (Å²) in [4.78, 5) is 63.5. The molecule has 6 fully saturated rings. The Balaban J connectivity index is 0.000000179. The molecular weight excluding hydrogens is 1130 g/mol. The maximum atomic E-state index is 12.9. The Hall–Kier alpha value is -6.73. The molecule has 18 nitrogen and oxygen atoms in total. The number of nitrogens with one attached hydrogen (secondary N) is 6. The number of amides is 4. The third-order valence-electron chi connectivity index (χ3n) is 15.2. The summed E-state index contributed by atoms with van der Waals surface area (Å²) in [5.41, 5.74) is 4.06. The summed E-state index contributed by atoms with van der Waals surface area (Å²) in [6.45, 7) is 4.41. The normalized spacial score (nSPS) is 17.8. The van der Waals surface area contributed by atoms with Crippen LogP contribution in [0.1, 0.15) is 185 Å². The standard InChI is InChI=1S/C20H19B3F2N6O2.C19H20F2N6O3.C8H14.C5H9F3O.2C3H6/c21-20(22,23)31-15(3-4-28-31)18(33)27-10-16-29-13-2-1-11(5-14(13)30-16)9-26-17(32)6-12-7-19(24,25)8-12;1-10-17(27-30-26-10)18(29)23-9-15-24-13-3-2-11(4-14(13)25-15)8-22-16(28)5-12-6-19(20,21)7-12;1-2-4-8(5-3-1)6-7-8;1-4(2,9-3)5(6,7)8;2*1-2-3-1/h1-5,12H,6-10H2,(H,26,32)(H,27,33)(H,29,30);2-4,12H,5-9H2,1H3,(H,22,28)(H,23,29)(H,24,25);1-7H2;1-3H3;2*1-3H2. The van der Waals surface area contributed by atoms with Crippen LogP contribution in [-0.4, -0.2) is 118 Å². The number of nitrogens with zero attached hydrogens (tertiary/aromatic N) is 6. The largest absolute Gasteiger partial charge is 0.416 e. The van der Waals surface area contributed by atoms with E-state index in [0.29, 0.717) is 34.9 Å². The SMILES string of the molecule is C1CC1.C1CC1.C1CCC2(CC1)CC2.COC(C)(C)C(F)(F)F.Cc1nonc1C(=O)NCc1nc2ccc(CNC(=O)CC3CC(F)(F)C3)cc2[nH]1.[B]C([B])([B])n1nccc1C(=O)NCc1nc2ccc(CNC(=O)CC3CC(F)(F)C3)cc2[nH]1. The molecule has 0 unspecified atom stereocenters. The van der Waals surface area contributed by atoms with E-state index >= 15 is 0 Å². The topological polar surface area (TPSA) is 240 Å². The molecule has 28 heteroatoms. The lowest BCUT2D eigenvalue weighted by Crippen LogP contribution is -2.40. The van der Waals surface area contributed by atoms with Crippen LogP contribution in [0.15, 0.2) is 53.3 Å². The number of methoxy groups -OCH3 is 1. The highest BCUT2D eigenvalue weighted by Gasteiger charge is 2.48. The molecule has 0 atom stereocenters. The van der Waals surface area contributed by atoms with E-state index in [2.05, 4.69) is 66.0 Å². The van der Waals surface area contributed by atoms with E-state index in [0.717, 1.165) is 53.2 Å². The predicted octanol–water partition coefficient (Wildman–Crippen LogP) is 10.1. The first kappa shape index (κ1) is 66.8. The molecule has 0 saturated heterocycles. The predicted molar refractivity (Wildman–Crippen MR) is 309 cm³/mol. The summed E-state index contributed by atoms with van der Waals surface area (Å²) in [5, 5.41) is 20.1. The Morgan fingerprint density at radius 1 is 0.651 bits per heavy atom. The van der Waals surface area contributed by atoms with E-state index in [1.165, 1.54) is 70.1 Å². The quantitative estimate of drug-likeness (QED) is 0.0394. The van der Waals surface area contributed by atoms with Crippen molar-refractivity contribution in [2.75, 3.05) is 7.11 Å². The van der Waals surface area contributed by atoms with Gasteiger partial charge in [-0.25, -0.2) is 32.2 Å². The molecule has 0 bridgehead atoms. The third kappa shape index (κ3) is 21.0. The number of rotatable bonds is 16. The molecule has 6 aliphatic carbocycles. The number of alkyl halides is 7. The fourth-order valence-electron chi connectivity index (χ4n) is 9.35. The molecule has 6 N–H and O–H groups in total. The number of carbonyl (C=O) groups excluding carboxylic acids is 4. The molecular formula is C58H74B3F7N12O6. The van der Waals surface area contributed by atoms with Crippen LogP contribution in [-0.2, 0) is 45.7 Å². The van der Waals surface area contributed by atoms with Gasteiger partial charge in [0, 0.05) is 64.9 Å². The van der Waals surface area contributed by atoms with Gasteiger partial charge >= 0.3 is 6.18 Å². The van der Waals surface area contributed by atoms with Gasteiger partial charge in [-0.2, -0.15) is 18.3 Å². The molecule has 1 spiro atoms. The minimum Gasteiger partial charge on any atom is -0.369 e. The van der Waals surface area contributed by atoms with E-state index in [1.54, 1.807) is 44.7 Å². The molecule has 86 heavy (non-hydrogen) atoms. The highest BCUT2D eigenvalue weighted by atomic mass is 19.4. The number of halogens is 7. The average molecular weight is 1200 g/mol. The molecule has 460 valence electrons. The van der Waals surface area contributed by atoms with Gasteiger partial charge in [-0.1, -0.05) is 75.1 Å². The van der Waals surface area contributed by atoms with Gasteiger partial charge in [0.2, 0.25) is 23.7 Å². The molecule has 6 saturated carbocycles. The van der Waals surface area contributed by atoms with Gasteiger partial charge in [-0.05, 0) is 116 Å². The summed E-state index contributed by atoms with van der Waals surface area (Å²) in [6, 6.07) is 12.3. The van der Waals surface area contributed by atoms with E-state index in [9.17, 15) is 49.9 Å². The van der Waals surface area contributed by atoms with E-state index < -0.39 is 40.7 Å². The number of fused-ring (bicyclic) bond motifs is 2. The Labute approximate surface area is 498 Å². The van der Waals surface area contributed by atoms with Crippen molar-refractivity contribution in [3.8, 4) is 0 Å². The van der Waals surface area contributed by atoms with E-state index in [-0.39, 0.29) is 93.2 Å². The molecule has 4 amide bonds. The molecule has 6 aromatic rings. The Morgan fingerprint density at radius 3 is 1.47 bits per heavy atom. The molecule has 6 aliphatic rings. The first-order valence-corrected chi connectivity index (χ1v) is 29.1. The number of ether oxygens (including phenoxy) is 1. The number of benzene rings is 2. The minimum absolute atomic E-state index is 0.0993. The van der Waals surface area contributed by atoms with Crippen molar-refractivity contribution in [2.45, 2.75) is 198 Å². The lowest BCUT2D eigenvalue weighted by atomic mass is 9.49. The second kappa shape index (κ2) is 28.9. The van der Waals surface area contributed by atoms with Crippen LogP contribution in [0.3, 0.4) is 0 Å². The van der Waals surface area contributed by atoms with Crippen LogP contribution >= 0.6 is 0 Å². The second-order valence-electron chi connectivity index (χ2n) is 23.8. The smallest absolute Gasteiger partial charge is 0.369 e. The van der Waals surface area contributed by atoms with Crippen molar-refractivity contribution in [2.24, 2.45) is 17.3 Å². The zero-order chi connectivity index (χ0) is 62.5. The Morgan fingerprint density at radius 2 is 1.10 bits per heavy atom. The van der Waals surface area contributed by atoms with Gasteiger partial charge in [0.1, 0.15) is 23.0 Å². The molecule has 4 aromatic heterocycles. The third-order valence-corrected chi connectivity index (χ3v) is 15.2. The summed E-state index contributed by atoms with van der Waals surface area (Å²) in [7, 11) is 17.8. The fraction of sp³-hybridized carbons (Fsp3) is 0.603. The minimum atomic E-state index is -4.28. The number of carbonyl (C=O) groups is 4. The first-order chi connectivity index (χ1) is 40.5. The number of aryl methyl sites for hydroxylation is 1. The fourth-order valence-corrected chi connectivity index (χ4v) is 9.35. The van der Waals surface area contributed by atoms with Gasteiger partial charge < -0.3 is 36.0 Å². The maximum absolute atomic E-state index is 12.9. The average Bonchev–Trinajstić information content (AvgIpc) is 2.08. The van der Waals surface area contributed by atoms with Gasteiger partial charge in [-0.15, -0.1) is 0 Å². The summed E-state index contributed by atoms with van der Waals surface area (Å²) >= 11 is 0. The van der Waals surface area contributed by atoms with Crippen molar-refractivity contribution in [1.82, 2.24) is 61.3 Å². The lowest BCUT2D eigenvalue weighted by molar-refractivity contribution is -0.255. The van der Waals surface area contributed by atoms with Gasteiger partial charge in [0.15, 0.2) is 11.3 Å². The summed E-state index contributed by atoms with van der Waals surface area (Å²) < 4.78 is 96.3. The van der Waals surface area contributed by atoms with E-state index in [4.69, 9.17) is 23.5 Å². The molecule has 12 rings (SSSR count). The first-order valence-electron chi connectivity index (χ1n) is 29.1. The Kier molecular flexibility index (Phi) is 22.4. The lowest BCUT2D eigenvalue weighted by Gasteiger charge is -2.34. The van der Waals surface area contributed by atoms with Crippen LogP contribution in [0.5, 0.6) is 0 Å². The van der Waals surface area contributed by atoms with Crippen LogP contribution in [0.4, 0.5) is 30.7 Å². The molecule has 6 radical (unpaired) electrons. The zero-order valence-electron chi connectivity index (χ0n) is 49.0. The zero-order valence-corrected chi connectivity index (χ0v) is 49.0. The van der Waals surface area contributed by atoms with Crippen molar-refractivity contribution < 1.29 is 59.3 Å². The molecule has 4 heterocycles. The van der Waals surface area contributed by atoms with Crippen LogP contribution in [0.25, 0.3) is 22.1 Å². The number of hydrogen-bond donors (Lipinski definition) is 6. The number of aromatic nitrogens is 8. The monoisotopic (exact) mass is 1200 g/mol. The van der Waals surface area contributed by atoms with Gasteiger partial charge in [-0.3, -0.25) is 23.9 Å². The highest BCUT2D eigenvalue weighted by Crippen LogP contribution is 2.56. The molecule has 0 aliphatic heterocycles. The second-order valence-corrected chi connectivity index (χ2v) is 23.8. The van der Waals surface area contributed by atoms with Crippen LogP contribution in [0, 0.1) is 24.2 Å². The van der Waals surface area contributed by atoms with Crippen molar-refractivity contribution in [1.29, 1.82) is 0 Å². The van der Waals surface area contributed by atoms with Crippen LogP contribution < -0.4 is 21.3 Å².